The van der Waals surface area contributed by atoms with Gasteiger partial charge in [0.15, 0.2) is 0 Å². The number of carbonyl (C=O) groups excluding carboxylic acids is 2. The van der Waals surface area contributed by atoms with Gasteiger partial charge < -0.3 is 20.3 Å². The van der Waals surface area contributed by atoms with Crippen LogP contribution in [0.15, 0.2) is 24.3 Å². The van der Waals surface area contributed by atoms with Crippen LogP contribution in [-0.2, 0) is 14.3 Å². The molecule has 2 unspecified atom stereocenters. The summed E-state index contributed by atoms with van der Waals surface area (Å²) >= 11 is 0. The summed E-state index contributed by atoms with van der Waals surface area (Å²) in [4.78, 5) is 24.6. The molecule has 0 aromatic heterocycles. The van der Waals surface area contributed by atoms with Crippen LogP contribution >= 0.6 is 0 Å². The predicted octanol–water partition coefficient (Wildman–Crippen LogP) is 22.9. The number of rotatable bonds is 67. The molecule has 6 heteroatoms. The Morgan fingerprint density at radius 2 is 0.603 bits per heavy atom. The van der Waals surface area contributed by atoms with Crippen molar-refractivity contribution in [3.8, 4) is 0 Å². The maximum Gasteiger partial charge on any atom is 0.305 e. The number of hydrogen-bond acceptors (Lipinski definition) is 5. The van der Waals surface area contributed by atoms with Crippen LogP contribution in [0.2, 0.25) is 0 Å². The Bertz CT molecular complexity index is 1220. The number of ether oxygens (including phenoxy) is 1. The molecule has 0 spiro atoms. The molecule has 462 valence electrons. The van der Waals surface area contributed by atoms with Crippen LogP contribution in [0.1, 0.15) is 399 Å². The lowest BCUT2D eigenvalue weighted by Gasteiger charge is -2.20. The lowest BCUT2D eigenvalue weighted by molar-refractivity contribution is -0.143. The number of nitrogens with one attached hydrogen (secondary N) is 1. The Hall–Kier alpha value is -1.66. The number of aliphatic hydroxyl groups excluding tert-OH is 2. The van der Waals surface area contributed by atoms with E-state index in [4.69, 9.17) is 4.74 Å². The first-order valence-corrected chi connectivity index (χ1v) is 35.6. The summed E-state index contributed by atoms with van der Waals surface area (Å²) in [6.07, 6.45) is 85.4. The van der Waals surface area contributed by atoms with Crippen molar-refractivity contribution in [3.05, 3.63) is 24.3 Å². The number of esters is 1. The molecule has 3 N–H and O–H groups in total. The Kier molecular flexibility index (Phi) is 66.4. The van der Waals surface area contributed by atoms with Crippen LogP contribution < -0.4 is 5.32 Å². The Labute approximate surface area is 488 Å². The van der Waals surface area contributed by atoms with Crippen molar-refractivity contribution in [2.75, 3.05) is 13.2 Å². The quantitative estimate of drug-likeness (QED) is 0.0320. The molecule has 78 heavy (non-hydrogen) atoms. The molecule has 0 saturated heterocycles. The summed E-state index contributed by atoms with van der Waals surface area (Å²) in [5.74, 6) is -0.0463. The third-order valence-corrected chi connectivity index (χ3v) is 16.7. The van der Waals surface area contributed by atoms with Gasteiger partial charge >= 0.3 is 5.97 Å². The molecule has 0 bridgehead atoms. The van der Waals surface area contributed by atoms with Crippen LogP contribution in [0.4, 0.5) is 0 Å². The molecular formula is C72H139NO5. The van der Waals surface area contributed by atoms with E-state index < -0.39 is 12.1 Å². The molecule has 0 saturated carbocycles. The fraction of sp³-hybridized carbons (Fsp3) is 0.917. The molecule has 0 aromatic carbocycles. The second kappa shape index (κ2) is 67.8. The van der Waals surface area contributed by atoms with Gasteiger partial charge in [-0.05, 0) is 57.8 Å². The largest absolute Gasteiger partial charge is 0.466 e. The van der Waals surface area contributed by atoms with Gasteiger partial charge in [0.2, 0.25) is 5.91 Å². The second-order valence-corrected chi connectivity index (χ2v) is 24.6. The van der Waals surface area contributed by atoms with Crippen LogP contribution in [0, 0.1) is 0 Å². The van der Waals surface area contributed by atoms with E-state index >= 15 is 0 Å². The maximum atomic E-state index is 12.5. The summed E-state index contributed by atoms with van der Waals surface area (Å²) in [6, 6.07) is -0.628. The lowest BCUT2D eigenvalue weighted by Crippen LogP contribution is -2.45. The molecule has 0 aliphatic rings. The van der Waals surface area contributed by atoms with E-state index in [1.54, 1.807) is 6.08 Å². The van der Waals surface area contributed by atoms with E-state index in [9.17, 15) is 19.8 Å². The van der Waals surface area contributed by atoms with Crippen molar-refractivity contribution in [1.29, 1.82) is 0 Å². The van der Waals surface area contributed by atoms with E-state index in [-0.39, 0.29) is 18.5 Å². The SMILES string of the molecule is CCCCCCCCCCCCCCCCCCCC/C=C/C(O)C(CO)NC(=O)CCCCCCCCCCCCCC/C=C\CCCCCCCCCCCCCCOC(=O)CCCCCCCCCCCCCCC. The topological polar surface area (TPSA) is 95.9 Å². The van der Waals surface area contributed by atoms with E-state index in [1.165, 1.54) is 334 Å². The van der Waals surface area contributed by atoms with Crippen LogP contribution in [0.5, 0.6) is 0 Å². The molecule has 0 aliphatic heterocycles. The molecule has 2 atom stereocenters. The number of aliphatic hydroxyl groups is 2. The average molecular weight is 1100 g/mol. The lowest BCUT2D eigenvalue weighted by atomic mass is 10.0. The minimum Gasteiger partial charge on any atom is -0.466 e. The fourth-order valence-corrected chi connectivity index (χ4v) is 11.3. The first-order chi connectivity index (χ1) is 38.5. The summed E-state index contributed by atoms with van der Waals surface area (Å²) < 4.78 is 5.49. The third kappa shape index (κ3) is 63.5. The van der Waals surface area contributed by atoms with Gasteiger partial charge in [0.05, 0.1) is 25.4 Å². The highest BCUT2D eigenvalue weighted by Gasteiger charge is 2.18. The Balaban J connectivity index is 3.40. The van der Waals surface area contributed by atoms with Gasteiger partial charge in [0.1, 0.15) is 0 Å². The number of carbonyl (C=O) groups is 2. The van der Waals surface area contributed by atoms with Gasteiger partial charge in [-0.15, -0.1) is 0 Å². The number of hydrogen-bond donors (Lipinski definition) is 3. The number of amides is 1. The molecule has 6 nitrogen and oxygen atoms in total. The van der Waals surface area contributed by atoms with Gasteiger partial charge in [0, 0.05) is 12.8 Å². The first-order valence-electron chi connectivity index (χ1n) is 35.6. The molecule has 1 amide bonds. The third-order valence-electron chi connectivity index (χ3n) is 16.7. The summed E-state index contributed by atoms with van der Waals surface area (Å²) in [5, 5.41) is 23.2. The minimum absolute atomic E-state index is 0.0177. The summed E-state index contributed by atoms with van der Waals surface area (Å²) in [5.41, 5.74) is 0. The van der Waals surface area contributed by atoms with Crippen molar-refractivity contribution >= 4 is 11.9 Å². The van der Waals surface area contributed by atoms with Crippen LogP contribution in [0.3, 0.4) is 0 Å². The average Bonchev–Trinajstić information content (AvgIpc) is 3.44. The van der Waals surface area contributed by atoms with Gasteiger partial charge in [-0.1, -0.05) is 353 Å². The van der Waals surface area contributed by atoms with Crippen LogP contribution in [-0.4, -0.2) is 47.4 Å². The fourth-order valence-electron chi connectivity index (χ4n) is 11.3. The molecule has 0 aromatic rings. The van der Waals surface area contributed by atoms with Gasteiger partial charge in [-0.3, -0.25) is 9.59 Å². The zero-order valence-corrected chi connectivity index (χ0v) is 52.9. The van der Waals surface area contributed by atoms with Gasteiger partial charge in [0.25, 0.3) is 0 Å². The Morgan fingerprint density at radius 1 is 0.346 bits per heavy atom. The summed E-state index contributed by atoms with van der Waals surface area (Å²) in [7, 11) is 0. The zero-order chi connectivity index (χ0) is 56.4. The molecule has 0 heterocycles. The highest BCUT2D eigenvalue weighted by Crippen LogP contribution is 2.19. The molecule has 0 aliphatic carbocycles. The molecule has 0 radical (unpaired) electrons. The molecule has 0 fully saturated rings. The highest BCUT2D eigenvalue weighted by atomic mass is 16.5. The van der Waals surface area contributed by atoms with Crippen LogP contribution in [0.25, 0.3) is 0 Å². The first kappa shape index (κ1) is 76.3. The second-order valence-electron chi connectivity index (χ2n) is 24.6. The number of allylic oxidation sites excluding steroid dienone is 3. The van der Waals surface area contributed by atoms with E-state index in [0.717, 1.165) is 38.5 Å². The normalized spacial score (nSPS) is 12.6. The molecular weight excluding hydrogens is 959 g/mol. The maximum absolute atomic E-state index is 12.5. The Morgan fingerprint density at radius 3 is 0.910 bits per heavy atom. The van der Waals surface area contributed by atoms with Gasteiger partial charge in [-0.2, -0.15) is 0 Å². The molecule has 0 rings (SSSR count). The van der Waals surface area contributed by atoms with Gasteiger partial charge in [-0.25, -0.2) is 0 Å². The van der Waals surface area contributed by atoms with Crippen molar-refractivity contribution in [1.82, 2.24) is 5.32 Å². The summed E-state index contributed by atoms with van der Waals surface area (Å²) in [6.45, 7) is 4.94. The van der Waals surface area contributed by atoms with E-state index in [1.807, 2.05) is 6.08 Å². The highest BCUT2D eigenvalue weighted by molar-refractivity contribution is 5.76. The van der Waals surface area contributed by atoms with E-state index in [0.29, 0.717) is 19.4 Å². The number of unbranched alkanes of at least 4 members (excludes halogenated alkanes) is 54. The predicted molar refractivity (Wildman–Crippen MR) is 343 cm³/mol. The zero-order valence-electron chi connectivity index (χ0n) is 52.9. The van der Waals surface area contributed by atoms with Crippen molar-refractivity contribution in [3.63, 3.8) is 0 Å². The van der Waals surface area contributed by atoms with Crippen molar-refractivity contribution in [2.45, 2.75) is 411 Å². The smallest absolute Gasteiger partial charge is 0.305 e. The monoisotopic (exact) mass is 1100 g/mol. The minimum atomic E-state index is -0.845. The van der Waals surface area contributed by atoms with E-state index in [2.05, 4.69) is 31.3 Å². The van der Waals surface area contributed by atoms with Crippen molar-refractivity contribution < 1.29 is 24.5 Å². The van der Waals surface area contributed by atoms with Crippen molar-refractivity contribution in [2.24, 2.45) is 0 Å². The standard InChI is InChI=1S/C72H139NO5/c1-3-5-7-9-11-13-15-17-18-19-20-31-34-37-41-44-48-52-56-60-64-70(75)69(68-74)73-71(76)65-61-57-53-49-45-42-38-35-32-29-27-25-23-21-22-24-26-28-30-33-36-39-43-47-51-55-59-63-67-78-72(77)66-62-58-54-50-46-40-16-14-12-10-8-6-4-2/h21-22,60,64,69-70,74-75H,3-20,23-59,61-63,65-68H2,1-2H3,(H,73,76)/b22-21-,64-60+.